The van der Waals surface area contributed by atoms with Gasteiger partial charge in [-0.2, -0.15) is 0 Å². The molecule has 0 bridgehead atoms. The Kier molecular flexibility index (Phi) is 3.75. The van der Waals surface area contributed by atoms with Crippen molar-refractivity contribution in [2.45, 2.75) is 31.4 Å². The summed E-state index contributed by atoms with van der Waals surface area (Å²) in [5.74, 6) is 0.147. The quantitative estimate of drug-likeness (QED) is 0.694. The molecule has 23 heavy (non-hydrogen) atoms. The Bertz CT molecular complexity index is 635. The minimum absolute atomic E-state index is 0.0911. The van der Waals surface area contributed by atoms with Gasteiger partial charge in [-0.1, -0.05) is 36.4 Å². The second-order valence-corrected chi connectivity index (χ2v) is 6.18. The highest BCUT2D eigenvalue weighted by Gasteiger charge is 2.47. The molecule has 0 radical (unpaired) electrons. The average Bonchev–Trinajstić information content (AvgIpc) is 3.15. The fourth-order valence-electron chi connectivity index (χ4n) is 3.62. The lowest BCUT2D eigenvalue weighted by Crippen LogP contribution is -2.47. The number of nitrogens with zero attached hydrogens (tertiary/aromatic N) is 1. The van der Waals surface area contributed by atoms with Crippen LogP contribution < -0.4 is 10.4 Å². The first-order valence-corrected chi connectivity index (χ1v) is 8.20. The topological polar surface area (TPSA) is 41.6 Å². The smallest absolute Gasteiger partial charge is 0.325 e. The summed E-state index contributed by atoms with van der Waals surface area (Å²) in [6, 6.07) is 19.8. The molecule has 2 aromatic carbocycles. The Labute approximate surface area is 136 Å². The SMILES string of the molecule is O=C1O[C@H]2CCC[C@H]2C1NN(c1ccccc1)c1ccccc1. The van der Waals surface area contributed by atoms with Gasteiger partial charge in [0, 0.05) is 5.92 Å². The molecule has 4 nitrogen and oxygen atoms in total. The number of rotatable bonds is 4. The molecular formula is C19H20N2O2. The van der Waals surface area contributed by atoms with Gasteiger partial charge in [0.15, 0.2) is 0 Å². The van der Waals surface area contributed by atoms with Gasteiger partial charge in [0.05, 0.1) is 11.4 Å². The molecule has 3 atom stereocenters. The van der Waals surface area contributed by atoms with E-state index in [-0.39, 0.29) is 24.0 Å². The third-order valence-corrected chi connectivity index (χ3v) is 4.75. The van der Waals surface area contributed by atoms with E-state index in [2.05, 4.69) is 5.43 Å². The van der Waals surface area contributed by atoms with Gasteiger partial charge in [-0.25, -0.2) is 5.43 Å². The van der Waals surface area contributed by atoms with E-state index in [1.54, 1.807) is 0 Å². The van der Waals surface area contributed by atoms with E-state index in [0.29, 0.717) is 0 Å². The van der Waals surface area contributed by atoms with E-state index in [1.807, 2.05) is 65.7 Å². The van der Waals surface area contributed by atoms with Crippen LogP contribution in [0.2, 0.25) is 0 Å². The fraction of sp³-hybridized carbons (Fsp3) is 0.316. The summed E-state index contributed by atoms with van der Waals surface area (Å²) >= 11 is 0. The summed E-state index contributed by atoms with van der Waals surface area (Å²) in [4.78, 5) is 12.3. The van der Waals surface area contributed by atoms with E-state index >= 15 is 0 Å². The minimum Gasteiger partial charge on any atom is -0.461 e. The Hall–Kier alpha value is -2.33. The van der Waals surface area contributed by atoms with E-state index in [9.17, 15) is 4.79 Å². The van der Waals surface area contributed by atoms with Crippen LogP contribution in [0.25, 0.3) is 0 Å². The molecule has 1 heterocycles. The first-order chi connectivity index (χ1) is 11.3. The number of fused-ring (bicyclic) bond motifs is 1. The number of carbonyl (C=O) groups excluding carboxylic acids is 1. The standard InChI is InChI=1S/C19H20N2O2/c22-19-18(16-12-7-13-17(16)23-19)20-21(14-8-3-1-4-9-14)15-10-5-2-6-11-15/h1-6,8-11,16-18,20H,7,12-13H2/t16-,17+,18?/m1/s1. The van der Waals surface area contributed by atoms with Gasteiger partial charge >= 0.3 is 5.97 Å². The van der Waals surface area contributed by atoms with Crippen LogP contribution in [0.3, 0.4) is 0 Å². The van der Waals surface area contributed by atoms with E-state index in [4.69, 9.17) is 4.74 Å². The van der Waals surface area contributed by atoms with Gasteiger partial charge in [-0.3, -0.25) is 9.80 Å². The second-order valence-electron chi connectivity index (χ2n) is 6.18. The zero-order valence-electron chi connectivity index (χ0n) is 12.9. The number of nitrogens with one attached hydrogen (secondary N) is 1. The van der Waals surface area contributed by atoms with E-state index in [0.717, 1.165) is 30.6 Å². The predicted molar refractivity (Wildman–Crippen MR) is 89.2 cm³/mol. The first kappa shape index (κ1) is 14.3. The summed E-state index contributed by atoms with van der Waals surface area (Å²) < 4.78 is 5.54. The lowest BCUT2D eigenvalue weighted by atomic mass is 10.00. The monoisotopic (exact) mass is 308 g/mol. The number of hydrogen-bond donors (Lipinski definition) is 1. The molecule has 1 saturated carbocycles. The van der Waals surface area contributed by atoms with Crippen molar-refractivity contribution in [1.82, 2.24) is 5.43 Å². The maximum absolute atomic E-state index is 12.3. The first-order valence-electron chi connectivity index (χ1n) is 8.20. The Balaban J connectivity index is 1.65. The number of anilines is 2. The Morgan fingerprint density at radius 2 is 1.52 bits per heavy atom. The van der Waals surface area contributed by atoms with Gasteiger partial charge < -0.3 is 4.74 Å². The molecule has 1 aliphatic heterocycles. The molecule has 0 spiro atoms. The molecule has 1 aliphatic carbocycles. The highest BCUT2D eigenvalue weighted by Crippen LogP contribution is 2.37. The van der Waals surface area contributed by atoms with Crippen LogP contribution >= 0.6 is 0 Å². The van der Waals surface area contributed by atoms with Crippen molar-refractivity contribution in [2.24, 2.45) is 5.92 Å². The summed E-state index contributed by atoms with van der Waals surface area (Å²) in [6.07, 6.45) is 3.27. The molecule has 2 aromatic rings. The maximum Gasteiger partial charge on any atom is 0.325 e. The van der Waals surface area contributed by atoms with Crippen LogP contribution in [0.5, 0.6) is 0 Å². The van der Waals surface area contributed by atoms with Crippen molar-refractivity contribution in [2.75, 3.05) is 5.01 Å². The fourth-order valence-corrected chi connectivity index (χ4v) is 3.62. The van der Waals surface area contributed by atoms with Gasteiger partial charge in [0.2, 0.25) is 0 Å². The molecule has 1 unspecified atom stereocenters. The van der Waals surface area contributed by atoms with Crippen molar-refractivity contribution in [3.05, 3.63) is 60.7 Å². The normalized spacial score (nSPS) is 25.9. The average molecular weight is 308 g/mol. The molecule has 1 N–H and O–H groups in total. The van der Waals surface area contributed by atoms with Crippen LogP contribution in [0.4, 0.5) is 11.4 Å². The van der Waals surface area contributed by atoms with Crippen LogP contribution in [0, 0.1) is 5.92 Å². The summed E-state index contributed by atoms with van der Waals surface area (Å²) in [5, 5.41) is 1.99. The molecule has 2 fully saturated rings. The number of para-hydroxylation sites is 2. The highest BCUT2D eigenvalue weighted by atomic mass is 16.6. The van der Waals surface area contributed by atoms with Gasteiger partial charge in [-0.05, 0) is 43.5 Å². The highest BCUT2D eigenvalue weighted by molar-refractivity contribution is 5.80. The largest absolute Gasteiger partial charge is 0.461 e. The second kappa shape index (κ2) is 6.05. The zero-order valence-corrected chi connectivity index (χ0v) is 12.9. The number of carbonyl (C=O) groups is 1. The van der Waals surface area contributed by atoms with E-state index in [1.165, 1.54) is 0 Å². The van der Waals surface area contributed by atoms with Crippen LogP contribution in [0.15, 0.2) is 60.7 Å². The third kappa shape index (κ3) is 2.70. The minimum atomic E-state index is -0.275. The van der Waals surface area contributed by atoms with Gasteiger partial charge in [0.1, 0.15) is 12.1 Å². The number of hydrogen-bond acceptors (Lipinski definition) is 4. The van der Waals surface area contributed by atoms with E-state index < -0.39 is 0 Å². The van der Waals surface area contributed by atoms with Crippen molar-refractivity contribution in [1.29, 1.82) is 0 Å². The Morgan fingerprint density at radius 1 is 0.913 bits per heavy atom. The van der Waals surface area contributed by atoms with Crippen molar-refractivity contribution in [3.8, 4) is 0 Å². The van der Waals surface area contributed by atoms with Gasteiger partial charge in [0.25, 0.3) is 0 Å². The summed E-state index contributed by atoms with van der Waals surface area (Å²) in [5.41, 5.74) is 5.44. The third-order valence-electron chi connectivity index (χ3n) is 4.75. The molecule has 0 aromatic heterocycles. The van der Waals surface area contributed by atoms with Crippen LogP contribution in [0.1, 0.15) is 19.3 Å². The van der Waals surface area contributed by atoms with Crippen LogP contribution in [-0.4, -0.2) is 18.1 Å². The van der Waals surface area contributed by atoms with Crippen molar-refractivity contribution < 1.29 is 9.53 Å². The summed E-state index contributed by atoms with van der Waals surface area (Å²) in [7, 11) is 0. The molecule has 4 rings (SSSR count). The number of benzene rings is 2. The van der Waals surface area contributed by atoms with Crippen LogP contribution in [-0.2, 0) is 9.53 Å². The number of ether oxygens (including phenoxy) is 1. The molecule has 1 saturated heterocycles. The predicted octanol–water partition coefficient (Wildman–Crippen LogP) is 3.42. The van der Waals surface area contributed by atoms with Crippen molar-refractivity contribution >= 4 is 17.3 Å². The molecule has 0 amide bonds. The number of esters is 1. The lowest BCUT2D eigenvalue weighted by Gasteiger charge is -2.29. The molecule has 4 heteroatoms. The van der Waals surface area contributed by atoms with Crippen molar-refractivity contribution in [3.63, 3.8) is 0 Å². The summed E-state index contributed by atoms with van der Waals surface area (Å²) in [6.45, 7) is 0. The Morgan fingerprint density at radius 3 is 2.13 bits per heavy atom. The molecule has 118 valence electrons. The lowest BCUT2D eigenvalue weighted by molar-refractivity contribution is -0.143. The maximum atomic E-state index is 12.3. The zero-order chi connectivity index (χ0) is 15.6. The van der Waals surface area contributed by atoms with Gasteiger partial charge in [-0.15, -0.1) is 0 Å². The number of hydrazine groups is 1. The molecular weight excluding hydrogens is 288 g/mol. The molecule has 2 aliphatic rings.